The van der Waals surface area contributed by atoms with Gasteiger partial charge in [-0.1, -0.05) is 19.9 Å². The normalized spacial score (nSPS) is 24.5. The second-order valence-electron chi connectivity index (χ2n) is 10.6. The highest BCUT2D eigenvalue weighted by molar-refractivity contribution is 5.85. The van der Waals surface area contributed by atoms with Gasteiger partial charge in [-0.2, -0.15) is 0 Å². The Bertz CT molecular complexity index is 775. The van der Waals surface area contributed by atoms with Crippen molar-refractivity contribution in [1.29, 1.82) is 0 Å². The molecule has 0 N–H and O–H groups in total. The molecule has 5 heteroatoms. The van der Waals surface area contributed by atoms with E-state index in [2.05, 4.69) is 52.8 Å². The first kappa shape index (κ1) is 22.9. The molecule has 1 aromatic rings. The van der Waals surface area contributed by atoms with Gasteiger partial charge in [-0.05, 0) is 67.2 Å². The molecule has 2 aliphatic carbocycles. The Balaban J connectivity index is 0.00000231. The highest BCUT2D eigenvalue weighted by Gasteiger charge is 2.28. The lowest BCUT2D eigenvalue weighted by Crippen LogP contribution is -2.47. The van der Waals surface area contributed by atoms with Crippen molar-refractivity contribution in [3.63, 3.8) is 0 Å². The molecular weight excluding hydrogens is 406 g/mol. The molecule has 5 rings (SSSR count). The SMILES string of the molecule is CC1(C)CC=C(c2cc(N3CCOCC3)ccc2N2CCN(CC3CC3)CC2)CC1.Cl. The van der Waals surface area contributed by atoms with Crippen LogP contribution in [0.1, 0.15) is 51.5 Å². The first-order chi connectivity index (χ1) is 14.6. The molecule has 172 valence electrons. The minimum absolute atomic E-state index is 0. The number of benzene rings is 1. The number of piperazine rings is 1. The molecule has 4 aliphatic rings. The third-order valence-electron chi connectivity index (χ3n) is 7.60. The lowest BCUT2D eigenvalue weighted by atomic mass is 9.76. The molecule has 1 saturated carbocycles. The van der Waals surface area contributed by atoms with E-state index in [4.69, 9.17) is 4.74 Å². The average molecular weight is 446 g/mol. The van der Waals surface area contributed by atoms with E-state index in [-0.39, 0.29) is 12.4 Å². The Labute approximate surface area is 195 Å². The van der Waals surface area contributed by atoms with Crippen molar-refractivity contribution in [3.05, 3.63) is 29.8 Å². The molecule has 0 spiro atoms. The largest absolute Gasteiger partial charge is 0.378 e. The molecule has 2 heterocycles. The van der Waals surface area contributed by atoms with Gasteiger partial charge in [-0.25, -0.2) is 0 Å². The fraction of sp³-hybridized carbons (Fsp3) is 0.692. The Morgan fingerprint density at radius 3 is 2.35 bits per heavy atom. The number of morpholine rings is 1. The van der Waals surface area contributed by atoms with E-state index in [9.17, 15) is 0 Å². The summed E-state index contributed by atoms with van der Waals surface area (Å²) in [7, 11) is 0. The van der Waals surface area contributed by atoms with Gasteiger partial charge in [0.25, 0.3) is 0 Å². The first-order valence-electron chi connectivity index (χ1n) is 12.2. The van der Waals surface area contributed by atoms with Crippen LogP contribution in [-0.2, 0) is 4.74 Å². The number of hydrogen-bond donors (Lipinski definition) is 0. The molecule has 2 saturated heterocycles. The van der Waals surface area contributed by atoms with Crippen molar-refractivity contribution in [3.8, 4) is 0 Å². The van der Waals surface area contributed by atoms with E-state index in [1.54, 1.807) is 5.57 Å². The summed E-state index contributed by atoms with van der Waals surface area (Å²) < 4.78 is 5.59. The van der Waals surface area contributed by atoms with Gasteiger partial charge in [0.05, 0.1) is 13.2 Å². The maximum Gasteiger partial charge on any atom is 0.0642 e. The maximum atomic E-state index is 5.59. The monoisotopic (exact) mass is 445 g/mol. The summed E-state index contributed by atoms with van der Waals surface area (Å²) in [5.74, 6) is 0.996. The van der Waals surface area contributed by atoms with Crippen LogP contribution >= 0.6 is 12.4 Å². The first-order valence-corrected chi connectivity index (χ1v) is 12.2. The van der Waals surface area contributed by atoms with Gasteiger partial charge in [-0.3, -0.25) is 4.90 Å². The number of allylic oxidation sites excluding steroid dienone is 2. The highest BCUT2D eigenvalue weighted by Crippen LogP contribution is 2.42. The van der Waals surface area contributed by atoms with Crippen molar-refractivity contribution in [2.45, 2.75) is 46.0 Å². The second kappa shape index (κ2) is 9.72. The minimum atomic E-state index is 0. The summed E-state index contributed by atoms with van der Waals surface area (Å²) >= 11 is 0. The molecule has 0 amide bonds. The van der Waals surface area contributed by atoms with E-state index in [0.717, 1.165) is 45.3 Å². The lowest BCUT2D eigenvalue weighted by Gasteiger charge is -2.38. The van der Waals surface area contributed by atoms with Crippen LogP contribution in [0.5, 0.6) is 0 Å². The van der Waals surface area contributed by atoms with Gasteiger partial charge >= 0.3 is 0 Å². The van der Waals surface area contributed by atoms with Crippen LogP contribution in [0.15, 0.2) is 24.3 Å². The zero-order valence-corrected chi connectivity index (χ0v) is 20.3. The topological polar surface area (TPSA) is 19.0 Å². The zero-order valence-electron chi connectivity index (χ0n) is 19.4. The standard InChI is InChI=1S/C26H39N3O.ClH/c1-26(2)9-7-22(8-10-26)24-19-23(28-15-17-30-18-16-28)5-6-25(24)29-13-11-27(12-14-29)20-21-3-4-21;/h5-7,19,21H,3-4,8-18,20H2,1-2H3;1H. The highest BCUT2D eigenvalue weighted by atomic mass is 35.5. The Hall–Kier alpha value is -1.23. The Morgan fingerprint density at radius 2 is 1.71 bits per heavy atom. The smallest absolute Gasteiger partial charge is 0.0642 e. The molecular formula is C26H40ClN3O. The van der Waals surface area contributed by atoms with Crippen LogP contribution in [0.3, 0.4) is 0 Å². The van der Waals surface area contributed by atoms with Gasteiger partial charge in [0.1, 0.15) is 0 Å². The summed E-state index contributed by atoms with van der Waals surface area (Å²) in [6, 6.07) is 7.26. The molecule has 2 aliphatic heterocycles. The van der Waals surface area contributed by atoms with Crippen LogP contribution in [0.4, 0.5) is 11.4 Å². The number of halogens is 1. The summed E-state index contributed by atoms with van der Waals surface area (Å²) in [4.78, 5) is 7.85. The zero-order chi connectivity index (χ0) is 20.6. The molecule has 4 nitrogen and oxygen atoms in total. The predicted molar refractivity (Wildman–Crippen MR) is 134 cm³/mol. The number of hydrogen-bond acceptors (Lipinski definition) is 4. The number of ether oxygens (including phenoxy) is 1. The molecule has 31 heavy (non-hydrogen) atoms. The molecule has 0 radical (unpaired) electrons. The van der Waals surface area contributed by atoms with Crippen LogP contribution < -0.4 is 9.80 Å². The van der Waals surface area contributed by atoms with Gasteiger partial charge in [0.15, 0.2) is 0 Å². The van der Waals surface area contributed by atoms with E-state index in [0.29, 0.717) is 5.41 Å². The summed E-state index contributed by atoms with van der Waals surface area (Å²) in [6.07, 6.45) is 9.13. The van der Waals surface area contributed by atoms with Gasteiger partial charge in [0.2, 0.25) is 0 Å². The number of nitrogens with zero attached hydrogens (tertiary/aromatic N) is 3. The molecule has 0 aromatic heterocycles. The second-order valence-corrected chi connectivity index (χ2v) is 10.6. The maximum absolute atomic E-state index is 5.59. The molecule has 0 atom stereocenters. The van der Waals surface area contributed by atoms with Crippen molar-refractivity contribution < 1.29 is 4.74 Å². The van der Waals surface area contributed by atoms with Gasteiger partial charge in [-0.15, -0.1) is 12.4 Å². The number of rotatable bonds is 5. The van der Waals surface area contributed by atoms with E-state index >= 15 is 0 Å². The fourth-order valence-electron chi connectivity index (χ4n) is 5.23. The van der Waals surface area contributed by atoms with E-state index in [1.165, 1.54) is 68.7 Å². The van der Waals surface area contributed by atoms with Crippen molar-refractivity contribution in [1.82, 2.24) is 4.90 Å². The summed E-state index contributed by atoms with van der Waals surface area (Å²) in [5.41, 5.74) is 6.34. The van der Waals surface area contributed by atoms with Crippen LogP contribution in [-0.4, -0.2) is 63.9 Å². The van der Waals surface area contributed by atoms with Crippen LogP contribution in [0.2, 0.25) is 0 Å². The molecule has 0 unspecified atom stereocenters. The minimum Gasteiger partial charge on any atom is -0.378 e. The van der Waals surface area contributed by atoms with E-state index in [1.807, 2.05) is 0 Å². The summed E-state index contributed by atoms with van der Waals surface area (Å²) in [6.45, 7) is 14.6. The molecule has 3 fully saturated rings. The van der Waals surface area contributed by atoms with Crippen molar-refractivity contribution in [2.75, 3.05) is 68.8 Å². The Morgan fingerprint density at radius 1 is 0.968 bits per heavy atom. The van der Waals surface area contributed by atoms with Crippen molar-refractivity contribution >= 4 is 29.4 Å². The lowest BCUT2D eigenvalue weighted by molar-refractivity contribution is 0.122. The van der Waals surface area contributed by atoms with E-state index < -0.39 is 0 Å². The molecule has 1 aromatic carbocycles. The van der Waals surface area contributed by atoms with Crippen molar-refractivity contribution in [2.24, 2.45) is 11.3 Å². The fourth-order valence-corrected chi connectivity index (χ4v) is 5.23. The van der Waals surface area contributed by atoms with Crippen LogP contribution in [0, 0.1) is 11.3 Å². The summed E-state index contributed by atoms with van der Waals surface area (Å²) in [5, 5.41) is 0. The third kappa shape index (κ3) is 5.58. The van der Waals surface area contributed by atoms with Gasteiger partial charge < -0.3 is 14.5 Å². The molecule has 0 bridgehead atoms. The Kier molecular flexibility index (Phi) is 7.20. The quantitative estimate of drug-likeness (QED) is 0.629. The number of anilines is 2. The average Bonchev–Trinajstić information content (AvgIpc) is 3.59. The predicted octanol–water partition coefficient (Wildman–Crippen LogP) is 5.07. The third-order valence-corrected chi connectivity index (χ3v) is 7.60. The van der Waals surface area contributed by atoms with Crippen LogP contribution in [0.25, 0.3) is 5.57 Å². The van der Waals surface area contributed by atoms with Gasteiger partial charge in [0, 0.05) is 62.8 Å².